The molecular weight excluding hydrogens is 228 g/mol. The summed E-state index contributed by atoms with van der Waals surface area (Å²) in [5.41, 5.74) is 1.29. The van der Waals surface area contributed by atoms with Gasteiger partial charge in [0.1, 0.15) is 12.4 Å². The monoisotopic (exact) mass is 246 g/mol. The summed E-state index contributed by atoms with van der Waals surface area (Å²) in [6.45, 7) is 3.47. The van der Waals surface area contributed by atoms with Crippen molar-refractivity contribution in [1.82, 2.24) is 10.8 Å². The summed E-state index contributed by atoms with van der Waals surface area (Å²) in [6.07, 6.45) is -0.878. The van der Waals surface area contributed by atoms with Crippen molar-refractivity contribution in [3.63, 3.8) is 0 Å². The molecule has 0 aliphatic carbocycles. The Morgan fingerprint density at radius 3 is 2.29 bits per heavy atom. The summed E-state index contributed by atoms with van der Waals surface area (Å²) in [4.78, 5) is 32.8. The molecule has 0 aliphatic rings. The summed E-state index contributed by atoms with van der Waals surface area (Å²) in [5.74, 6) is -2.57. The molecule has 0 saturated heterocycles. The fraction of sp³-hybridized carbons (Fsp3) is 0.700. The minimum Gasteiger partial charge on any atom is -0.382 e. The Hall–Kier alpha value is -1.47. The van der Waals surface area contributed by atoms with Crippen molar-refractivity contribution in [2.45, 2.75) is 26.4 Å². The van der Waals surface area contributed by atoms with Crippen LogP contribution in [-0.4, -0.2) is 41.1 Å². The topological polar surface area (TPSA) is 116 Å². The predicted octanol–water partition coefficient (Wildman–Crippen LogP) is -1.17. The molecule has 0 aromatic heterocycles. The number of aliphatic hydroxyl groups is 1. The van der Waals surface area contributed by atoms with E-state index in [1.807, 2.05) is 13.8 Å². The van der Waals surface area contributed by atoms with Crippen LogP contribution in [0.15, 0.2) is 0 Å². The highest BCUT2D eigenvalue weighted by molar-refractivity contribution is 5.89. The van der Waals surface area contributed by atoms with Crippen molar-refractivity contribution in [3.8, 4) is 0 Å². The van der Waals surface area contributed by atoms with Crippen molar-refractivity contribution in [2.75, 3.05) is 6.54 Å². The Morgan fingerprint density at radius 1 is 1.29 bits per heavy atom. The fourth-order valence-corrected chi connectivity index (χ4v) is 1.41. The van der Waals surface area contributed by atoms with Gasteiger partial charge in [0.05, 0.1) is 12.5 Å². The largest absolute Gasteiger partial charge is 0.382 e. The summed E-state index contributed by atoms with van der Waals surface area (Å²) in [5, 5.41) is 20.2. The molecule has 7 heteroatoms. The first-order chi connectivity index (χ1) is 7.93. The number of aliphatic hydroxyl groups excluding tert-OH is 1. The van der Waals surface area contributed by atoms with E-state index in [2.05, 4.69) is 5.32 Å². The van der Waals surface area contributed by atoms with Gasteiger partial charge in [0.2, 0.25) is 5.91 Å². The maximum Gasteiger partial charge on any atom is 0.272 e. The number of rotatable bonds is 7. The average Bonchev–Trinajstić information content (AvgIpc) is 2.30. The van der Waals surface area contributed by atoms with Gasteiger partial charge >= 0.3 is 0 Å². The van der Waals surface area contributed by atoms with Crippen LogP contribution in [0.1, 0.15) is 20.3 Å². The maximum absolute atomic E-state index is 11.6. The number of carbonyl (C=O) groups excluding carboxylic acids is 3. The van der Waals surface area contributed by atoms with E-state index in [1.54, 1.807) is 0 Å². The highest BCUT2D eigenvalue weighted by Crippen LogP contribution is 2.16. The summed E-state index contributed by atoms with van der Waals surface area (Å²) in [7, 11) is 0. The molecule has 0 rings (SSSR count). The van der Waals surface area contributed by atoms with Gasteiger partial charge in [0.15, 0.2) is 0 Å². The van der Waals surface area contributed by atoms with Crippen LogP contribution in [0.4, 0.5) is 0 Å². The van der Waals surface area contributed by atoms with E-state index in [0.717, 1.165) is 0 Å². The second-order valence-corrected chi connectivity index (χ2v) is 4.07. The van der Waals surface area contributed by atoms with Crippen LogP contribution in [0, 0.1) is 11.8 Å². The molecule has 0 fully saturated rings. The molecule has 0 heterocycles. The lowest BCUT2D eigenvalue weighted by molar-refractivity contribution is -0.146. The molecule has 7 nitrogen and oxygen atoms in total. The minimum absolute atomic E-state index is 0.0723. The van der Waals surface area contributed by atoms with E-state index in [1.165, 1.54) is 5.48 Å². The highest BCUT2D eigenvalue weighted by atomic mass is 16.5. The van der Waals surface area contributed by atoms with Crippen molar-refractivity contribution >= 4 is 18.1 Å². The van der Waals surface area contributed by atoms with Crippen LogP contribution < -0.4 is 10.8 Å². The smallest absolute Gasteiger partial charge is 0.272 e. The molecule has 0 radical (unpaired) electrons. The van der Waals surface area contributed by atoms with Crippen molar-refractivity contribution in [3.05, 3.63) is 0 Å². The van der Waals surface area contributed by atoms with E-state index in [0.29, 0.717) is 6.29 Å². The zero-order valence-corrected chi connectivity index (χ0v) is 9.84. The quantitative estimate of drug-likeness (QED) is 0.257. The van der Waals surface area contributed by atoms with Crippen LogP contribution in [0.2, 0.25) is 0 Å². The lowest BCUT2D eigenvalue weighted by Gasteiger charge is -2.21. The van der Waals surface area contributed by atoms with Crippen LogP contribution in [-0.2, 0) is 14.4 Å². The molecule has 0 bridgehead atoms. The van der Waals surface area contributed by atoms with Crippen molar-refractivity contribution < 1.29 is 24.7 Å². The first-order valence-corrected chi connectivity index (χ1v) is 5.27. The van der Waals surface area contributed by atoms with Gasteiger partial charge in [-0.05, 0) is 12.3 Å². The Kier molecular flexibility index (Phi) is 7.08. The normalized spacial score (nSPS) is 13.9. The molecule has 0 saturated carbocycles. The zero-order valence-electron chi connectivity index (χ0n) is 9.84. The van der Waals surface area contributed by atoms with E-state index in [4.69, 9.17) is 5.21 Å². The number of hydrogen-bond donors (Lipinski definition) is 4. The standard InChI is InChI=1S/C10H18N2O5/c1-6(2)5-7(8(14)10(16)12-17)9(15)11-3-4-13/h4,6-8,14,17H,3,5H2,1-2H3,(H,11,15)(H,12,16). The van der Waals surface area contributed by atoms with Gasteiger partial charge in [-0.2, -0.15) is 0 Å². The highest BCUT2D eigenvalue weighted by Gasteiger charge is 2.32. The first-order valence-electron chi connectivity index (χ1n) is 5.27. The number of nitrogens with one attached hydrogen (secondary N) is 2. The third-order valence-electron chi connectivity index (χ3n) is 2.18. The second kappa shape index (κ2) is 7.75. The number of amides is 2. The van der Waals surface area contributed by atoms with Crippen LogP contribution in [0.3, 0.4) is 0 Å². The molecule has 0 aromatic carbocycles. The average molecular weight is 246 g/mol. The molecule has 0 aliphatic heterocycles. The number of hydrogen-bond acceptors (Lipinski definition) is 5. The zero-order chi connectivity index (χ0) is 13.4. The summed E-state index contributed by atoms with van der Waals surface area (Å²) < 4.78 is 0. The molecule has 2 unspecified atom stereocenters. The Labute approximate surface area is 99.2 Å². The van der Waals surface area contributed by atoms with E-state index >= 15 is 0 Å². The Morgan fingerprint density at radius 2 is 1.88 bits per heavy atom. The molecule has 2 atom stereocenters. The molecule has 0 spiro atoms. The molecular formula is C10H18N2O5. The lowest BCUT2D eigenvalue weighted by atomic mass is 9.91. The first kappa shape index (κ1) is 15.5. The van der Waals surface area contributed by atoms with Crippen LogP contribution in [0.25, 0.3) is 0 Å². The van der Waals surface area contributed by atoms with Gasteiger partial charge < -0.3 is 15.2 Å². The van der Waals surface area contributed by atoms with Gasteiger partial charge in [-0.25, -0.2) is 5.48 Å². The fourth-order valence-electron chi connectivity index (χ4n) is 1.41. The third-order valence-corrected chi connectivity index (χ3v) is 2.18. The minimum atomic E-state index is -1.64. The molecule has 2 amide bonds. The SMILES string of the molecule is CC(C)CC(C(=O)NCC=O)C(O)C(=O)NO. The second-order valence-electron chi connectivity index (χ2n) is 4.07. The number of aldehydes is 1. The van der Waals surface area contributed by atoms with Gasteiger partial charge in [-0.1, -0.05) is 13.8 Å². The molecule has 98 valence electrons. The predicted molar refractivity (Wildman–Crippen MR) is 58.0 cm³/mol. The van der Waals surface area contributed by atoms with Gasteiger partial charge in [0, 0.05) is 0 Å². The maximum atomic E-state index is 11.6. The summed E-state index contributed by atoms with van der Waals surface area (Å²) >= 11 is 0. The molecule has 17 heavy (non-hydrogen) atoms. The van der Waals surface area contributed by atoms with Gasteiger partial charge in [0.25, 0.3) is 5.91 Å². The molecule has 4 N–H and O–H groups in total. The van der Waals surface area contributed by atoms with E-state index in [-0.39, 0.29) is 18.9 Å². The third kappa shape index (κ3) is 5.41. The molecule has 0 aromatic rings. The van der Waals surface area contributed by atoms with Gasteiger partial charge in [-0.15, -0.1) is 0 Å². The van der Waals surface area contributed by atoms with Crippen LogP contribution >= 0.6 is 0 Å². The van der Waals surface area contributed by atoms with Crippen molar-refractivity contribution in [2.24, 2.45) is 11.8 Å². The Balaban J connectivity index is 4.67. The van der Waals surface area contributed by atoms with E-state index < -0.39 is 23.8 Å². The van der Waals surface area contributed by atoms with E-state index in [9.17, 15) is 19.5 Å². The van der Waals surface area contributed by atoms with Gasteiger partial charge in [-0.3, -0.25) is 14.8 Å². The number of hydroxylamine groups is 1. The lowest BCUT2D eigenvalue weighted by Crippen LogP contribution is -2.46. The summed E-state index contributed by atoms with van der Waals surface area (Å²) in [6, 6.07) is 0. The Bertz CT molecular complexity index is 280. The van der Waals surface area contributed by atoms with Crippen molar-refractivity contribution in [1.29, 1.82) is 0 Å². The number of carbonyl (C=O) groups is 3. The van der Waals surface area contributed by atoms with Crippen LogP contribution in [0.5, 0.6) is 0 Å².